The molecule has 1 aliphatic carbocycles. The number of aliphatic hydroxyl groups excluding tert-OH is 1. The zero-order chi connectivity index (χ0) is 15.5. The molecule has 2 N–H and O–H groups in total. The Labute approximate surface area is 131 Å². The predicted molar refractivity (Wildman–Crippen MR) is 90.3 cm³/mol. The Kier molecular flexibility index (Phi) is 4.43. The van der Waals surface area contributed by atoms with E-state index >= 15 is 0 Å². The van der Waals surface area contributed by atoms with Crippen LogP contribution in [0.5, 0.6) is 0 Å². The summed E-state index contributed by atoms with van der Waals surface area (Å²) in [5.74, 6) is 2.11. The van der Waals surface area contributed by atoms with Crippen LogP contribution in [-0.2, 0) is 0 Å². The number of aromatic nitrogens is 2. The second-order valence-electron chi connectivity index (χ2n) is 6.33. The van der Waals surface area contributed by atoms with Crippen molar-refractivity contribution in [1.29, 1.82) is 0 Å². The van der Waals surface area contributed by atoms with Crippen molar-refractivity contribution in [2.24, 2.45) is 5.92 Å². The lowest BCUT2D eigenvalue weighted by atomic mass is 9.87. The maximum atomic E-state index is 9.23. The highest BCUT2D eigenvalue weighted by Gasteiger charge is 2.21. The molecule has 118 valence electrons. The minimum absolute atomic E-state index is 0.309. The van der Waals surface area contributed by atoms with E-state index in [1.807, 2.05) is 37.2 Å². The van der Waals surface area contributed by atoms with Crippen LogP contribution in [0, 0.1) is 5.92 Å². The summed E-state index contributed by atoms with van der Waals surface area (Å²) in [6.07, 6.45) is 4.28. The van der Waals surface area contributed by atoms with Crippen molar-refractivity contribution < 1.29 is 5.11 Å². The summed E-state index contributed by atoms with van der Waals surface area (Å²) >= 11 is 0. The highest BCUT2D eigenvalue weighted by Crippen LogP contribution is 2.28. The molecule has 0 aliphatic heterocycles. The van der Waals surface area contributed by atoms with Gasteiger partial charge in [-0.1, -0.05) is 12.1 Å². The molecule has 5 heteroatoms. The van der Waals surface area contributed by atoms with Gasteiger partial charge in [0.25, 0.3) is 0 Å². The van der Waals surface area contributed by atoms with Crippen molar-refractivity contribution in [2.75, 3.05) is 30.9 Å². The quantitative estimate of drug-likeness (QED) is 0.909. The Bertz CT molecular complexity index is 636. The van der Waals surface area contributed by atoms with E-state index in [1.54, 1.807) is 0 Å². The highest BCUT2D eigenvalue weighted by atomic mass is 16.3. The molecule has 1 aromatic carbocycles. The standard InChI is InChI=1S/C17H24N4O/c1-21(2)16-14-5-3-4-6-15(14)19-17(20-16)18-13-9-7-12(11-22)8-10-13/h3-6,12-13,22H,7-11H2,1-2H3,(H,18,19,20)/t12-,13+. The first kappa shape index (κ1) is 15.0. The molecule has 1 aromatic heterocycles. The molecule has 0 radical (unpaired) electrons. The molecule has 0 spiro atoms. The molecule has 22 heavy (non-hydrogen) atoms. The predicted octanol–water partition coefficient (Wildman–Crippen LogP) is 2.66. The fourth-order valence-corrected chi connectivity index (χ4v) is 3.14. The van der Waals surface area contributed by atoms with Crippen molar-refractivity contribution in [3.05, 3.63) is 24.3 Å². The van der Waals surface area contributed by atoms with Crippen molar-refractivity contribution in [2.45, 2.75) is 31.7 Å². The van der Waals surface area contributed by atoms with E-state index in [1.165, 1.54) is 0 Å². The molecule has 5 nitrogen and oxygen atoms in total. The van der Waals surface area contributed by atoms with Gasteiger partial charge in [-0.15, -0.1) is 0 Å². The number of hydrogen-bond donors (Lipinski definition) is 2. The van der Waals surface area contributed by atoms with Gasteiger partial charge in [-0.2, -0.15) is 4.98 Å². The Morgan fingerprint density at radius 2 is 1.86 bits per heavy atom. The van der Waals surface area contributed by atoms with Crippen LogP contribution < -0.4 is 10.2 Å². The van der Waals surface area contributed by atoms with Gasteiger partial charge in [0.05, 0.1) is 5.52 Å². The normalized spacial score (nSPS) is 21.8. The number of nitrogens with one attached hydrogen (secondary N) is 1. The zero-order valence-corrected chi connectivity index (χ0v) is 13.3. The summed E-state index contributed by atoms with van der Waals surface area (Å²) in [6, 6.07) is 8.50. The Balaban J connectivity index is 1.82. The molecule has 3 rings (SSSR count). The van der Waals surface area contributed by atoms with Gasteiger partial charge in [-0.25, -0.2) is 4.98 Å². The molecule has 1 saturated carbocycles. The van der Waals surface area contributed by atoms with Crippen molar-refractivity contribution in [1.82, 2.24) is 9.97 Å². The maximum Gasteiger partial charge on any atom is 0.225 e. The highest BCUT2D eigenvalue weighted by molar-refractivity contribution is 5.90. The molecular weight excluding hydrogens is 276 g/mol. The second-order valence-corrected chi connectivity index (χ2v) is 6.33. The van der Waals surface area contributed by atoms with Crippen molar-refractivity contribution >= 4 is 22.7 Å². The molecule has 2 aromatic rings. The average molecular weight is 300 g/mol. The smallest absolute Gasteiger partial charge is 0.225 e. The van der Waals surface area contributed by atoms with E-state index in [2.05, 4.69) is 21.4 Å². The van der Waals surface area contributed by atoms with Crippen LogP contribution in [0.2, 0.25) is 0 Å². The maximum absolute atomic E-state index is 9.23. The molecule has 0 atom stereocenters. The van der Waals surface area contributed by atoms with Gasteiger partial charge in [0.2, 0.25) is 5.95 Å². The largest absolute Gasteiger partial charge is 0.396 e. The van der Waals surface area contributed by atoms with Gasteiger partial charge >= 0.3 is 0 Å². The number of para-hydroxylation sites is 1. The first-order valence-corrected chi connectivity index (χ1v) is 7.99. The Hall–Kier alpha value is -1.88. The first-order valence-electron chi connectivity index (χ1n) is 7.99. The topological polar surface area (TPSA) is 61.3 Å². The zero-order valence-electron chi connectivity index (χ0n) is 13.3. The van der Waals surface area contributed by atoms with Crippen molar-refractivity contribution in [3.8, 4) is 0 Å². The summed E-state index contributed by atoms with van der Waals surface area (Å²) in [7, 11) is 4.01. The SMILES string of the molecule is CN(C)c1nc(N[C@H]2CC[C@@H](CO)CC2)nc2ccccc12. The van der Waals surface area contributed by atoms with Gasteiger partial charge in [0.15, 0.2) is 0 Å². The number of hydrogen-bond acceptors (Lipinski definition) is 5. The lowest BCUT2D eigenvalue weighted by Gasteiger charge is -2.28. The Morgan fingerprint density at radius 1 is 1.14 bits per heavy atom. The van der Waals surface area contributed by atoms with Crippen LogP contribution in [0.25, 0.3) is 10.9 Å². The van der Waals surface area contributed by atoms with Gasteiger partial charge < -0.3 is 15.3 Å². The molecule has 1 heterocycles. The third-order valence-electron chi connectivity index (χ3n) is 4.44. The van der Waals surface area contributed by atoms with Crippen LogP contribution in [-0.4, -0.2) is 41.8 Å². The van der Waals surface area contributed by atoms with Crippen LogP contribution in [0.1, 0.15) is 25.7 Å². The van der Waals surface area contributed by atoms with E-state index in [4.69, 9.17) is 0 Å². The summed E-state index contributed by atoms with van der Waals surface area (Å²) in [5, 5.41) is 13.8. The number of rotatable bonds is 4. The van der Waals surface area contributed by atoms with Gasteiger partial charge in [-0.05, 0) is 43.7 Å². The van der Waals surface area contributed by atoms with Crippen LogP contribution in [0.15, 0.2) is 24.3 Å². The monoisotopic (exact) mass is 300 g/mol. The molecule has 0 saturated heterocycles. The third-order valence-corrected chi connectivity index (χ3v) is 4.44. The lowest BCUT2D eigenvalue weighted by Crippen LogP contribution is -2.28. The number of anilines is 2. The minimum atomic E-state index is 0.309. The van der Waals surface area contributed by atoms with Gasteiger partial charge in [0.1, 0.15) is 5.82 Å². The molecule has 0 unspecified atom stereocenters. The van der Waals surface area contributed by atoms with E-state index < -0.39 is 0 Å². The van der Waals surface area contributed by atoms with Crippen LogP contribution in [0.3, 0.4) is 0 Å². The number of benzene rings is 1. The molecule has 1 fully saturated rings. The number of fused-ring (bicyclic) bond motifs is 1. The molecule has 1 aliphatic rings. The molecular formula is C17H24N4O. The minimum Gasteiger partial charge on any atom is -0.396 e. The second kappa shape index (κ2) is 6.48. The molecule has 0 amide bonds. The third kappa shape index (κ3) is 3.14. The van der Waals surface area contributed by atoms with E-state index in [0.717, 1.165) is 42.4 Å². The van der Waals surface area contributed by atoms with Crippen molar-refractivity contribution in [3.63, 3.8) is 0 Å². The Morgan fingerprint density at radius 3 is 2.55 bits per heavy atom. The fraction of sp³-hybridized carbons (Fsp3) is 0.529. The summed E-state index contributed by atoms with van der Waals surface area (Å²) in [4.78, 5) is 11.4. The van der Waals surface area contributed by atoms with Gasteiger partial charge in [0, 0.05) is 32.1 Å². The fourth-order valence-electron chi connectivity index (χ4n) is 3.14. The number of aliphatic hydroxyl groups is 1. The van der Waals surface area contributed by atoms with E-state index in [0.29, 0.717) is 24.5 Å². The average Bonchev–Trinajstić information content (AvgIpc) is 2.54. The number of nitrogens with zero attached hydrogens (tertiary/aromatic N) is 3. The lowest BCUT2D eigenvalue weighted by molar-refractivity contribution is 0.185. The summed E-state index contributed by atoms with van der Waals surface area (Å²) in [6.45, 7) is 0.309. The van der Waals surface area contributed by atoms with Gasteiger partial charge in [-0.3, -0.25) is 0 Å². The van der Waals surface area contributed by atoms with E-state index in [9.17, 15) is 5.11 Å². The van der Waals surface area contributed by atoms with E-state index in [-0.39, 0.29) is 0 Å². The molecule has 0 bridgehead atoms. The van der Waals surface area contributed by atoms with Crippen LogP contribution >= 0.6 is 0 Å². The first-order chi connectivity index (χ1) is 10.7. The summed E-state index contributed by atoms with van der Waals surface area (Å²) in [5.41, 5.74) is 0.966. The van der Waals surface area contributed by atoms with Crippen LogP contribution in [0.4, 0.5) is 11.8 Å². The summed E-state index contributed by atoms with van der Waals surface area (Å²) < 4.78 is 0.